The van der Waals surface area contributed by atoms with Crippen molar-refractivity contribution in [1.82, 2.24) is 19.8 Å². The van der Waals surface area contributed by atoms with Crippen LogP contribution in [-0.4, -0.2) is 56.8 Å². The average molecular weight is 497 g/mol. The number of nitrogens with two attached hydrogens (primary N) is 1. The van der Waals surface area contributed by atoms with E-state index in [1.54, 1.807) is 30.9 Å². The molecule has 0 saturated carbocycles. The van der Waals surface area contributed by atoms with Crippen molar-refractivity contribution in [3.63, 3.8) is 0 Å². The van der Waals surface area contributed by atoms with Gasteiger partial charge in [-0.15, -0.1) is 0 Å². The fourth-order valence-corrected chi connectivity index (χ4v) is 4.26. The summed E-state index contributed by atoms with van der Waals surface area (Å²) in [5.74, 6) is 0.199. The predicted molar refractivity (Wildman–Crippen MR) is 140 cm³/mol. The van der Waals surface area contributed by atoms with Gasteiger partial charge in [-0.05, 0) is 44.6 Å². The molecule has 9 nitrogen and oxygen atoms in total. The van der Waals surface area contributed by atoms with E-state index >= 15 is 0 Å². The molecule has 3 rings (SSSR count). The maximum atomic E-state index is 13.6. The molecular formula is C27H40N6O3. The second kappa shape index (κ2) is 12.2. The summed E-state index contributed by atoms with van der Waals surface area (Å²) in [6.45, 7) is 8.90. The Labute approximate surface area is 213 Å². The Morgan fingerprint density at radius 3 is 2.44 bits per heavy atom. The number of benzene rings is 1. The summed E-state index contributed by atoms with van der Waals surface area (Å²) in [5, 5.41) is 5.57. The van der Waals surface area contributed by atoms with Crippen LogP contribution in [0.1, 0.15) is 71.4 Å². The van der Waals surface area contributed by atoms with E-state index in [1.807, 2.05) is 42.2 Å². The van der Waals surface area contributed by atoms with Crippen molar-refractivity contribution in [3.8, 4) is 0 Å². The third-order valence-electron chi connectivity index (χ3n) is 6.65. The van der Waals surface area contributed by atoms with Crippen molar-refractivity contribution in [2.24, 2.45) is 11.7 Å². The van der Waals surface area contributed by atoms with Crippen LogP contribution < -0.4 is 16.4 Å². The van der Waals surface area contributed by atoms with Crippen LogP contribution in [0.5, 0.6) is 0 Å². The number of nitrogens with zero attached hydrogens (tertiary/aromatic N) is 3. The van der Waals surface area contributed by atoms with Gasteiger partial charge in [0.15, 0.2) is 5.82 Å². The monoisotopic (exact) mass is 496 g/mol. The summed E-state index contributed by atoms with van der Waals surface area (Å²) >= 11 is 0. The van der Waals surface area contributed by atoms with Crippen LogP contribution >= 0.6 is 0 Å². The van der Waals surface area contributed by atoms with Gasteiger partial charge < -0.3 is 25.8 Å². The van der Waals surface area contributed by atoms with E-state index in [9.17, 15) is 14.4 Å². The smallest absolute Gasteiger partial charge is 0.250 e. The van der Waals surface area contributed by atoms with Crippen LogP contribution in [0.15, 0.2) is 42.9 Å². The molecule has 1 aliphatic heterocycles. The molecule has 0 spiro atoms. The molecule has 1 aromatic carbocycles. The molecule has 3 amide bonds. The fourth-order valence-electron chi connectivity index (χ4n) is 4.26. The van der Waals surface area contributed by atoms with Crippen LogP contribution in [0.3, 0.4) is 0 Å². The molecule has 196 valence electrons. The number of nitrogens with one attached hydrogen (secondary N) is 2. The van der Waals surface area contributed by atoms with Gasteiger partial charge in [-0.1, -0.05) is 57.0 Å². The van der Waals surface area contributed by atoms with Gasteiger partial charge in [0.05, 0.1) is 11.9 Å². The highest BCUT2D eigenvalue weighted by atomic mass is 16.2. The second-order valence-electron chi connectivity index (χ2n) is 10.4. The highest BCUT2D eigenvalue weighted by Crippen LogP contribution is 2.25. The van der Waals surface area contributed by atoms with Crippen molar-refractivity contribution in [1.29, 1.82) is 0 Å². The SMILES string of the molecule is CCCC[C@@H](NC(=O)C(C)(C)N)C(=O)Nc1cn(C(C(=O)N2CCC(C)CC2)c2ccccc2)cn1. The minimum Gasteiger partial charge on any atom is -0.343 e. The van der Waals surface area contributed by atoms with Gasteiger partial charge >= 0.3 is 0 Å². The Hall–Kier alpha value is -3.20. The number of carbonyl (C=O) groups excluding carboxylic acids is 3. The Morgan fingerprint density at radius 1 is 1.17 bits per heavy atom. The Balaban J connectivity index is 1.79. The number of amides is 3. The number of hydrogen-bond acceptors (Lipinski definition) is 5. The molecule has 1 saturated heterocycles. The summed E-state index contributed by atoms with van der Waals surface area (Å²) in [6, 6.07) is 8.29. The molecule has 1 fully saturated rings. The van der Waals surface area contributed by atoms with Crippen LogP contribution in [0.25, 0.3) is 0 Å². The summed E-state index contributed by atoms with van der Waals surface area (Å²) in [4.78, 5) is 45.3. The molecule has 0 radical (unpaired) electrons. The number of unbranched alkanes of at least 4 members (excludes halogenated alkanes) is 1. The van der Waals surface area contributed by atoms with Gasteiger partial charge in [0.25, 0.3) is 0 Å². The molecule has 0 aliphatic carbocycles. The second-order valence-corrected chi connectivity index (χ2v) is 10.4. The highest BCUT2D eigenvalue weighted by Gasteiger charge is 2.31. The molecule has 1 aliphatic rings. The van der Waals surface area contributed by atoms with E-state index in [1.165, 1.54) is 0 Å². The number of imidazole rings is 1. The molecular weight excluding hydrogens is 456 g/mol. The van der Waals surface area contributed by atoms with Crippen molar-refractivity contribution in [2.75, 3.05) is 18.4 Å². The van der Waals surface area contributed by atoms with Crippen molar-refractivity contribution in [2.45, 2.75) is 77.4 Å². The number of rotatable bonds is 10. The zero-order valence-electron chi connectivity index (χ0n) is 21.9. The average Bonchev–Trinajstić information content (AvgIpc) is 3.29. The summed E-state index contributed by atoms with van der Waals surface area (Å²) < 4.78 is 1.74. The lowest BCUT2D eigenvalue weighted by atomic mass is 9.97. The van der Waals surface area contributed by atoms with Gasteiger partial charge in [-0.25, -0.2) is 4.98 Å². The normalized spacial score (nSPS) is 16.3. The number of likely N-dealkylation sites (tertiary alicyclic amines) is 1. The first-order chi connectivity index (χ1) is 17.1. The summed E-state index contributed by atoms with van der Waals surface area (Å²) in [7, 11) is 0. The van der Waals surface area contributed by atoms with E-state index < -0.39 is 23.5 Å². The Bertz CT molecular complexity index is 1020. The predicted octanol–water partition coefficient (Wildman–Crippen LogP) is 3.08. The van der Waals surface area contributed by atoms with E-state index in [-0.39, 0.29) is 11.8 Å². The first-order valence-corrected chi connectivity index (χ1v) is 12.9. The largest absolute Gasteiger partial charge is 0.343 e. The summed E-state index contributed by atoms with van der Waals surface area (Å²) in [6.07, 6.45) is 7.37. The molecule has 2 atom stereocenters. The lowest BCUT2D eigenvalue weighted by molar-refractivity contribution is -0.135. The molecule has 2 aromatic rings. The Kier molecular flexibility index (Phi) is 9.25. The van der Waals surface area contributed by atoms with Crippen LogP contribution in [0, 0.1) is 5.92 Å². The molecule has 4 N–H and O–H groups in total. The molecule has 1 aromatic heterocycles. The minimum absolute atomic E-state index is 0.0154. The quantitative estimate of drug-likeness (QED) is 0.467. The lowest BCUT2D eigenvalue weighted by Gasteiger charge is -2.33. The maximum Gasteiger partial charge on any atom is 0.250 e. The molecule has 1 unspecified atom stereocenters. The van der Waals surface area contributed by atoms with Crippen molar-refractivity contribution in [3.05, 3.63) is 48.4 Å². The molecule has 36 heavy (non-hydrogen) atoms. The van der Waals surface area contributed by atoms with Crippen LogP contribution in [0.2, 0.25) is 0 Å². The van der Waals surface area contributed by atoms with E-state index in [0.717, 1.165) is 44.3 Å². The fraction of sp³-hybridized carbons (Fsp3) is 0.556. The number of anilines is 1. The van der Waals surface area contributed by atoms with Gasteiger partial charge in [0, 0.05) is 19.3 Å². The van der Waals surface area contributed by atoms with Crippen LogP contribution in [0.4, 0.5) is 5.82 Å². The van der Waals surface area contributed by atoms with E-state index in [0.29, 0.717) is 18.2 Å². The van der Waals surface area contributed by atoms with Crippen LogP contribution in [-0.2, 0) is 14.4 Å². The van der Waals surface area contributed by atoms with Gasteiger partial charge in [-0.3, -0.25) is 14.4 Å². The van der Waals surface area contributed by atoms with Crippen molar-refractivity contribution < 1.29 is 14.4 Å². The van der Waals surface area contributed by atoms with E-state index in [2.05, 4.69) is 22.5 Å². The maximum absolute atomic E-state index is 13.6. The summed E-state index contributed by atoms with van der Waals surface area (Å²) in [5.41, 5.74) is 5.66. The molecule has 0 bridgehead atoms. The topological polar surface area (TPSA) is 122 Å². The number of carbonyl (C=O) groups is 3. The lowest BCUT2D eigenvalue weighted by Crippen LogP contribution is -2.54. The standard InChI is InChI=1S/C27H40N6O3/c1-5-6-12-21(30-26(36)27(3,4)28)24(34)31-22-17-33(18-29-22)23(20-10-8-7-9-11-20)25(35)32-15-13-19(2)14-16-32/h7-11,17-19,21,23H,5-6,12-16,28H2,1-4H3,(H,30,36)(H,31,34)/t21-,23?/m1/s1. The number of piperidine rings is 1. The third kappa shape index (κ3) is 7.16. The van der Waals surface area contributed by atoms with E-state index in [4.69, 9.17) is 5.73 Å². The Morgan fingerprint density at radius 2 is 1.83 bits per heavy atom. The zero-order valence-corrected chi connectivity index (χ0v) is 21.9. The molecule has 2 heterocycles. The van der Waals surface area contributed by atoms with Gasteiger partial charge in [0.2, 0.25) is 17.7 Å². The minimum atomic E-state index is -1.10. The van der Waals surface area contributed by atoms with Gasteiger partial charge in [-0.2, -0.15) is 0 Å². The number of hydrogen-bond donors (Lipinski definition) is 3. The zero-order chi connectivity index (χ0) is 26.3. The molecule has 9 heteroatoms. The first-order valence-electron chi connectivity index (χ1n) is 12.9. The highest BCUT2D eigenvalue weighted by molar-refractivity contribution is 5.97. The van der Waals surface area contributed by atoms with Gasteiger partial charge in [0.1, 0.15) is 12.1 Å². The number of aromatic nitrogens is 2. The first kappa shape index (κ1) is 27.4. The third-order valence-corrected chi connectivity index (χ3v) is 6.65. The van der Waals surface area contributed by atoms with Crippen molar-refractivity contribution >= 4 is 23.5 Å².